The lowest BCUT2D eigenvalue weighted by molar-refractivity contribution is -0.117. The topological polar surface area (TPSA) is 101 Å². The molecule has 32 heavy (non-hydrogen) atoms. The predicted octanol–water partition coefficient (Wildman–Crippen LogP) is 1.27. The molecular weight excluding hydrogens is 460 g/mol. The molecule has 2 fully saturated rings. The lowest BCUT2D eigenvalue weighted by Gasteiger charge is -2.40. The van der Waals surface area contributed by atoms with Crippen molar-refractivity contribution in [1.82, 2.24) is 13.5 Å². The van der Waals surface area contributed by atoms with Gasteiger partial charge in [-0.3, -0.25) is 9.69 Å². The summed E-state index contributed by atoms with van der Waals surface area (Å²) < 4.78 is 45.2. The highest BCUT2D eigenvalue weighted by Crippen LogP contribution is 2.35. The average molecular weight is 491 g/mol. The molecule has 10 nitrogen and oxygen atoms in total. The Morgan fingerprint density at radius 3 is 2.22 bits per heavy atom. The van der Waals surface area contributed by atoms with E-state index in [4.69, 9.17) is 25.8 Å². The molecule has 1 N–H and O–H groups in total. The number of hydrogen-bond acceptors (Lipinski definition) is 7. The Labute approximate surface area is 194 Å². The van der Waals surface area contributed by atoms with Crippen LogP contribution in [0, 0.1) is 0 Å². The van der Waals surface area contributed by atoms with Crippen molar-refractivity contribution in [3.8, 4) is 11.5 Å². The molecule has 0 bridgehead atoms. The number of hydrogen-bond donors (Lipinski definition) is 1. The Kier molecular flexibility index (Phi) is 8.23. The summed E-state index contributed by atoms with van der Waals surface area (Å²) in [5.41, 5.74) is 0.454. The van der Waals surface area contributed by atoms with Crippen LogP contribution >= 0.6 is 11.6 Å². The molecule has 0 radical (unpaired) electrons. The van der Waals surface area contributed by atoms with E-state index in [0.29, 0.717) is 61.5 Å². The van der Waals surface area contributed by atoms with Gasteiger partial charge in [0.15, 0.2) is 0 Å². The number of methoxy groups -OCH3 is 2. The highest BCUT2D eigenvalue weighted by atomic mass is 35.5. The lowest BCUT2D eigenvalue weighted by Crippen LogP contribution is -2.57. The van der Waals surface area contributed by atoms with Gasteiger partial charge < -0.3 is 19.5 Å². The van der Waals surface area contributed by atoms with Gasteiger partial charge in [-0.05, 0) is 13.8 Å². The van der Waals surface area contributed by atoms with Gasteiger partial charge in [-0.1, -0.05) is 11.6 Å². The molecule has 2 aliphatic heterocycles. The minimum atomic E-state index is -3.56. The maximum atomic E-state index is 13.0. The molecule has 2 unspecified atom stereocenters. The number of morpholine rings is 1. The van der Waals surface area contributed by atoms with Crippen LogP contribution in [-0.2, 0) is 19.7 Å². The van der Waals surface area contributed by atoms with E-state index >= 15 is 0 Å². The standard InChI is InChI=1S/C20H31ClN4O6S/c1-14-11-25(12-15(2)31-14)32(27,28)24-7-5-23(6-8-24)13-20(26)22-17-10-18(29-3)16(21)9-19(17)30-4/h9-10,14-15H,5-8,11-13H2,1-4H3,(H,22,26). The Morgan fingerprint density at radius 1 is 1.06 bits per heavy atom. The summed E-state index contributed by atoms with van der Waals surface area (Å²) in [5, 5.41) is 3.19. The van der Waals surface area contributed by atoms with Crippen molar-refractivity contribution in [2.75, 3.05) is 65.3 Å². The molecule has 1 aromatic rings. The predicted molar refractivity (Wildman–Crippen MR) is 122 cm³/mol. The fourth-order valence-electron chi connectivity index (χ4n) is 3.95. The van der Waals surface area contributed by atoms with E-state index in [2.05, 4.69) is 5.32 Å². The number of rotatable bonds is 7. The van der Waals surface area contributed by atoms with Crippen LogP contribution in [0.3, 0.4) is 0 Å². The van der Waals surface area contributed by atoms with Gasteiger partial charge in [-0.15, -0.1) is 0 Å². The second-order valence-corrected chi connectivity index (χ2v) is 10.3. The van der Waals surface area contributed by atoms with Crippen molar-refractivity contribution >= 4 is 33.4 Å². The van der Waals surface area contributed by atoms with E-state index in [1.165, 1.54) is 22.8 Å². The van der Waals surface area contributed by atoms with Gasteiger partial charge in [-0.2, -0.15) is 17.0 Å². The normalized spacial score (nSPS) is 23.7. The van der Waals surface area contributed by atoms with Crippen LogP contribution < -0.4 is 14.8 Å². The summed E-state index contributed by atoms with van der Waals surface area (Å²) >= 11 is 6.10. The molecule has 2 heterocycles. The molecule has 0 spiro atoms. The summed E-state index contributed by atoms with van der Waals surface area (Å²) in [5.74, 6) is 0.613. The van der Waals surface area contributed by atoms with Crippen LogP contribution in [0.2, 0.25) is 5.02 Å². The first-order valence-electron chi connectivity index (χ1n) is 10.5. The molecule has 0 saturated carbocycles. The minimum Gasteiger partial charge on any atom is -0.495 e. The first-order valence-corrected chi connectivity index (χ1v) is 12.3. The van der Waals surface area contributed by atoms with Gasteiger partial charge in [0.25, 0.3) is 10.2 Å². The fourth-order valence-corrected chi connectivity index (χ4v) is 5.93. The van der Waals surface area contributed by atoms with E-state index < -0.39 is 10.2 Å². The molecule has 2 atom stereocenters. The molecule has 180 valence electrons. The van der Waals surface area contributed by atoms with Crippen LogP contribution in [0.4, 0.5) is 5.69 Å². The van der Waals surface area contributed by atoms with E-state index in [1.807, 2.05) is 18.7 Å². The molecule has 1 amide bonds. The number of piperazine rings is 1. The molecule has 12 heteroatoms. The summed E-state index contributed by atoms with van der Waals surface area (Å²) in [6, 6.07) is 3.18. The van der Waals surface area contributed by atoms with Crippen molar-refractivity contribution in [1.29, 1.82) is 0 Å². The SMILES string of the molecule is COc1cc(NC(=O)CN2CCN(S(=O)(=O)N3CC(C)OC(C)C3)CC2)c(OC)cc1Cl. The second kappa shape index (κ2) is 10.5. The minimum absolute atomic E-state index is 0.133. The van der Waals surface area contributed by atoms with Crippen molar-refractivity contribution in [2.45, 2.75) is 26.1 Å². The van der Waals surface area contributed by atoms with Gasteiger partial charge in [0, 0.05) is 51.4 Å². The average Bonchev–Trinajstić information content (AvgIpc) is 2.74. The van der Waals surface area contributed by atoms with Crippen LogP contribution in [-0.4, -0.2) is 100 Å². The monoisotopic (exact) mass is 490 g/mol. The first kappa shape index (κ1) is 25.0. The number of ether oxygens (including phenoxy) is 3. The molecule has 2 saturated heterocycles. The molecule has 0 aromatic heterocycles. The van der Waals surface area contributed by atoms with E-state index in [0.717, 1.165) is 0 Å². The number of carbonyl (C=O) groups is 1. The Morgan fingerprint density at radius 2 is 1.66 bits per heavy atom. The van der Waals surface area contributed by atoms with Crippen LogP contribution in [0.5, 0.6) is 11.5 Å². The van der Waals surface area contributed by atoms with E-state index in [-0.39, 0.29) is 24.7 Å². The molecule has 0 aliphatic carbocycles. The number of nitrogens with one attached hydrogen (secondary N) is 1. The molecule has 1 aromatic carbocycles. The number of nitrogens with zero attached hydrogens (tertiary/aromatic N) is 3. The summed E-state index contributed by atoms with van der Waals surface area (Å²) in [7, 11) is -0.575. The van der Waals surface area contributed by atoms with Crippen molar-refractivity contribution in [3.05, 3.63) is 17.2 Å². The number of halogens is 1. The number of carbonyl (C=O) groups excluding carboxylic acids is 1. The molecule has 2 aliphatic rings. The summed E-state index contributed by atoms with van der Waals surface area (Å²) in [6.45, 7) is 6.16. The Balaban J connectivity index is 1.55. The third kappa shape index (κ3) is 5.83. The van der Waals surface area contributed by atoms with Gasteiger partial charge in [0.1, 0.15) is 11.5 Å². The first-order chi connectivity index (χ1) is 15.1. The van der Waals surface area contributed by atoms with Crippen molar-refractivity contribution in [2.24, 2.45) is 0 Å². The number of anilines is 1. The van der Waals surface area contributed by atoms with Gasteiger partial charge in [0.2, 0.25) is 5.91 Å². The third-order valence-electron chi connectivity index (χ3n) is 5.49. The molecular formula is C20H31ClN4O6S. The van der Waals surface area contributed by atoms with Crippen molar-refractivity contribution < 1.29 is 27.4 Å². The van der Waals surface area contributed by atoms with Crippen molar-refractivity contribution in [3.63, 3.8) is 0 Å². The highest BCUT2D eigenvalue weighted by molar-refractivity contribution is 7.86. The Bertz CT molecular complexity index is 913. The molecule has 3 rings (SSSR count). The quantitative estimate of drug-likeness (QED) is 0.614. The zero-order chi connectivity index (χ0) is 23.5. The number of benzene rings is 1. The second-order valence-electron chi connectivity index (χ2n) is 7.99. The summed E-state index contributed by atoms with van der Waals surface area (Å²) in [6.07, 6.45) is -0.274. The largest absolute Gasteiger partial charge is 0.495 e. The van der Waals surface area contributed by atoms with Crippen LogP contribution in [0.1, 0.15) is 13.8 Å². The third-order valence-corrected chi connectivity index (χ3v) is 7.75. The Hall–Kier alpha value is -1.63. The maximum Gasteiger partial charge on any atom is 0.282 e. The highest BCUT2D eigenvalue weighted by Gasteiger charge is 2.36. The van der Waals surface area contributed by atoms with Gasteiger partial charge >= 0.3 is 0 Å². The van der Waals surface area contributed by atoms with Crippen LogP contribution in [0.25, 0.3) is 0 Å². The van der Waals surface area contributed by atoms with Crippen LogP contribution in [0.15, 0.2) is 12.1 Å². The lowest BCUT2D eigenvalue weighted by atomic mass is 10.2. The zero-order valence-corrected chi connectivity index (χ0v) is 20.4. The fraction of sp³-hybridized carbons (Fsp3) is 0.650. The van der Waals surface area contributed by atoms with E-state index in [9.17, 15) is 13.2 Å². The zero-order valence-electron chi connectivity index (χ0n) is 18.8. The van der Waals surface area contributed by atoms with Gasteiger partial charge in [-0.25, -0.2) is 0 Å². The van der Waals surface area contributed by atoms with Gasteiger partial charge in [0.05, 0.1) is 43.7 Å². The maximum absolute atomic E-state index is 13.0. The smallest absolute Gasteiger partial charge is 0.282 e. The number of amides is 1. The summed E-state index contributed by atoms with van der Waals surface area (Å²) in [4.78, 5) is 14.5. The van der Waals surface area contributed by atoms with E-state index in [1.54, 1.807) is 12.1 Å².